The Morgan fingerprint density at radius 3 is 2.42 bits per heavy atom. The van der Waals surface area contributed by atoms with E-state index < -0.39 is 11.6 Å². The summed E-state index contributed by atoms with van der Waals surface area (Å²) in [6, 6.07) is 8.94. The summed E-state index contributed by atoms with van der Waals surface area (Å²) < 4.78 is 33.7. The monoisotopic (exact) mass is 469 g/mol. The van der Waals surface area contributed by atoms with Crippen molar-refractivity contribution in [2.45, 2.75) is 26.4 Å². The highest BCUT2D eigenvalue weighted by Gasteiger charge is 2.22. The molecule has 0 N–H and O–H groups in total. The molecule has 168 valence electrons. The van der Waals surface area contributed by atoms with Gasteiger partial charge in [-0.2, -0.15) is 0 Å². The predicted molar refractivity (Wildman–Crippen MR) is 124 cm³/mol. The van der Waals surface area contributed by atoms with Crippen LogP contribution >= 0.6 is 23.7 Å². The van der Waals surface area contributed by atoms with E-state index in [1.807, 2.05) is 32.8 Å². The minimum absolute atomic E-state index is 0. The third kappa shape index (κ3) is 6.35. The Hall–Kier alpha value is -2.29. The fourth-order valence-corrected chi connectivity index (χ4v) is 4.02. The highest BCUT2D eigenvalue weighted by atomic mass is 35.5. The molecule has 1 amide bonds. The first-order chi connectivity index (χ1) is 14.2. The predicted octanol–water partition coefficient (Wildman–Crippen LogP) is 5.38. The van der Waals surface area contributed by atoms with Gasteiger partial charge in [-0.1, -0.05) is 11.3 Å². The summed E-state index contributed by atoms with van der Waals surface area (Å²) in [6.45, 7) is 5.05. The van der Waals surface area contributed by atoms with E-state index in [0.29, 0.717) is 34.1 Å². The van der Waals surface area contributed by atoms with Crippen LogP contribution in [0.15, 0.2) is 36.4 Å². The molecular weight excluding hydrogens is 444 g/mol. The summed E-state index contributed by atoms with van der Waals surface area (Å²) in [7, 11) is 3.91. The Labute approximate surface area is 191 Å². The van der Waals surface area contributed by atoms with Crippen molar-refractivity contribution in [3.8, 4) is 5.75 Å². The fraction of sp³-hybridized carbons (Fsp3) is 0.364. The lowest BCUT2D eigenvalue weighted by Gasteiger charge is -2.21. The summed E-state index contributed by atoms with van der Waals surface area (Å²) in [5, 5.41) is 0.348. The molecule has 0 bridgehead atoms. The minimum atomic E-state index is -0.733. The Bertz CT molecular complexity index is 1030. The highest BCUT2D eigenvalue weighted by molar-refractivity contribution is 7.22. The molecule has 0 aliphatic heterocycles. The van der Waals surface area contributed by atoms with Crippen molar-refractivity contribution >= 4 is 45.0 Å². The second kappa shape index (κ2) is 10.8. The van der Waals surface area contributed by atoms with Crippen molar-refractivity contribution in [3.05, 3.63) is 53.6 Å². The minimum Gasteiger partial charge on any atom is -0.491 e. The van der Waals surface area contributed by atoms with Crippen LogP contribution in [-0.2, 0) is 0 Å². The maximum Gasteiger partial charge on any atom is 0.260 e. The number of thiazole rings is 1. The maximum atomic E-state index is 14.1. The van der Waals surface area contributed by atoms with Crippen molar-refractivity contribution in [1.29, 1.82) is 0 Å². The lowest BCUT2D eigenvalue weighted by molar-refractivity contribution is 0.0986. The molecule has 0 radical (unpaired) electrons. The largest absolute Gasteiger partial charge is 0.491 e. The molecule has 2 aromatic carbocycles. The van der Waals surface area contributed by atoms with Crippen molar-refractivity contribution in [2.75, 3.05) is 32.1 Å². The number of aromatic nitrogens is 1. The first kappa shape index (κ1) is 25.0. The molecule has 1 aromatic heterocycles. The summed E-state index contributed by atoms with van der Waals surface area (Å²) in [4.78, 5) is 21.1. The number of nitrogens with zero attached hydrogens (tertiary/aromatic N) is 3. The van der Waals surface area contributed by atoms with Gasteiger partial charge in [0, 0.05) is 18.2 Å². The second-order valence-electron chi connectivity index (χ2n) is 7.54. The standard InChI is InChI=1S/C22H25F2N3O2S.ClH/c1-14(2)29-17-8-6-15(7-9-17)21(28)27(11-5-10-26(3)4)22-25-20-18(24)12-16(23)13-19(20)30-22;/h6-9,12-14H,5,10-11H2,1-4H3;1H. The van der Waals surface area contributed by atoms with E-state index in [1.54, 1.807) is 24.3 Å². The van der Waals surface area contributed by atoms with Crippen LogP contribution in [0.1, 0.15) is 30.6 Å². The number of carbonyl (C=O) groups is 1. The number of ether oxygens (including phenoxy) is 1. The molecule has 31 heavy (non-hydrogen) atoms. The van der Waals surface area contributed by atoms with Crippen LogP contribution in [0, 0.1) is 11.6 Å². The van der Waals surface area contributed by atoms with Gasteiger partial charge in [0.25, 0.3) is 5.91 Å². The normalized spacial score (nSPS) is 11.1. The third-order valence-corrected chi connectivity index (χ3v) is 5.36. The number of benzene rings is 2. The van der Waals surface area contributed by atoms with Crippen molar-refractivity contribution in [3.63, 3.8) is 0 Å². The zero-order chi connectivity index (χ0) is 21.8. The number of rotatable bonds is 8. The number of halogens is 3. The SMILES string of the molecule is CC(C)Oc1ccc(C(=O)N(CCCN(C)C)c2nc3c(F)cc(F)cc3s2)cc1.Cl. The molecule has 0 unspecified atom stereocenters. The topological polar surface area (TPSA) is 45.7 Å². The van der Waals surface area contributed by atoms with E-state index in [-0.39, 0.29) is 29.9 Å². The second-order valence-corrected chi connectivity index (χ2v) is 8.54. The Morgan fingerprint density at radius 1 is 1.13 bits per heavy atom. The molecular formula is C22H26ClF2N3O2S. The summed E-state index contributed by atoms with van der Waals surface area (Å²) in [6.07, 6.45) is 0.743. The Morgan fingerprint density at radius 2 is 1.81 bits per heavy atom. The van der Waals surface area contributed by atoms with Gasteiger partial charge in [-0.3, -0.25) is 9.69 Å². The number of amides is 1. The molecule has 0 atom stereocenters. The molecule has 0 spiro atoms. The number of hydrogen-bond acceptors (Lipinski definition) is 5. The molecule has 0 saturated heterocycles. The van der Waals surface area contributed by atoms with Crippen molar-refractivity contribution in [2.24, 2.45) is 0 Å². The van der Waals surface area contributed by atoms with Crippen LogP contribution in [0.4, 0.5) is 13.9 Å². The molecule has 5 nitrogen and oxygen atoms in total. The van der Waals surface area contributed by atoms with Gasteiger partial charge in [-0.25, -0.2) is 13.8 Å². The van der Waals surface area contributed by atoms with Gasteiger partial charge in [0.2, 0.25) is 0 Å². The fourth-order valence-electron chi connectivity index (χ4n) is 2.99. The average Bonchev–Trinajstić information content (AvgIpc) is 3.08. The molecule has 3 aromatic rings. The smallest absolute Gasteiger partial charge is 0.260 e. The number of anilines is 1. The highest BCUT2D eigenvalue weighted by Crippen LogP contribution is 2.32. The van der Waals surface area contributed by atoms with Crippen LogP contribution in [0.2, 0.25) is 0 Å². The van der Waals surface area contributed by atoms with Gasteiger partial charge >= 0.3 is 0 Å². The van der Waals surface area contributed by atoms with Gasteiger partial charge in [-0.15, -0.1) is 12.4 Å². The first-order valence-corrected chi connectivity index (χ1v) is 10.5. The van der Waals surface area contributed by atoms with Gasteiger partial charge in [0.05, 0.1) is 10.8 Å². The van der Waals surface area contributed by atoms with E-state index in [9.17, 15) is 13.6 Å². The number of fused-ring (bicyclic) bond motifs is 1. The Kier molecular flexibility index (Phi) is 8.73. The van der Waals surface area contributed by atoms with Gasteiger partial charge in [-0.05, 0) is 71.2 Å². The van der Waals surface area contributed by atoms with Crippen molar-refractivity contribution < 1.29 is 18.3 Å². The van der Waals surface area contributed by atoms with E-state index in [2.05, 4.69) is 4.98 Å². The van der Waals surface area contributed by atoms with E-state index in [1.165, 1.54) is 11.0 Å². The number of hydrogen-bond donors (Lipinski definition) is 0. The molecule has 3 rings (SSSR count). The summed E-state index contributed by atoms with van der Waals surface area (Å²) >= 11 is 1.10. The molecule has 0 aliphatic rings. The zero-order valence-corrected chi connectivity index (χ0v) is 19.5. The van der Waals surface area contributed by atoms with Crippen LogP contribution in [0.25, 0.3) is 10.2 Å². The molecule has 0 aliphatic carbocycles. The lowest BCUT2D eigenvalue weighted by atomic mass is 10.2. The molecule has 0 fully saturated rings. The third-order valence-electron chi connectivity index (χ3n) is 4.34. The van der Waals surface area contributed by atoms with Crippen molar-refractivity contribution in [1.82, 2.24) is 9.88 Å². The van der Waals surface area contributed by atoms with Crippen LogP contribution in [0.5, 0.6) is 5.75 Å². The molecule has 9 heteroatoms. The lowest BCUT2D eigenvalue weighted by Crippen LogP contribution is -2.33. The first-order valence-electron chi connectivity index (χ1n) is 9.73. The summed E-state index contributed by atoms with van der Waals surface area (Å²) in [5.74, 6) is -0.965. The average molecular weight is 470 g/mol. The van der Waals surface area contributed by atoms with Gasteiger partial charge < -0.3 is 9.64 Å². The number of carbonyl (C=O) groups excluding carboxylic acids is 1. The Balaban J connectivity index is 0.00000341. The van der Waals surface area contributed by atoms with E-state index in [0.717, 1.165) is 23.9 Å². The quantitative estimate of drug-likeness (QED) is 0.444. The van der Waals surface area contributed by atoms with Crippen LogP contribution < -0.4 is 9.64 Å². The van der Waals surface area contributed by atoms with Crippen LogP contribution in [-0.4, -0.2) is 49.1 Å². The van der Waals surface area contributed by atoms with Gasteiger partial charge in [0.15, 0.2) is 10.9 Å². The summed E-state index contributed by atoms with van der Waals surface area (Å²) in [5.41, 5.74) is 0.546. The van der Waals surface area contributed by atoms with Crippen LogP contribution in [0.3, 0.4) is 0 Å². The maximum absolute atomic E-state index is 14.1. The zero-order valence-electron chi connectivity index (χ0n) is 17.9. The van der Waals surface area contributed by atoms with E-state index in [4.69, 9.17) is 4.74 Å². The molecule has 0 saturated carbocycles. The molecule has 1 heterocycles. The van der Waals surface area contributed by atoms with Gasteiger partial charge in [0.1, 0.15) is 17.1 Å². The van der Waals surface area contributed by atoms with E-state index >= 15 is 0 Å².